The predicted molar refractivity (Wildman–Crippen MR) is 103 cm³/mol. The van der Waals surface area contributed by atoms with Gasteiger partial charge in [-0.25, -0.2) is 0 Å². The summed E-state index contributed by atoms with van der Waals surface area (Å²) >= 11 is 0. The number of piperazine rings is 1. The Balaban J connectivity index is 1.65. The van der Waals surface area contributed by atoms with Crippen LogP contribution in [0.15, 0.2) is 48.5 Å². The Hall–Kier alpha value is -2.69. The van der Waals surface area contributed by atoms with E-state index in [0.717, 1.165) is 30.3 Å². The van der Waals surface area contributed by atoms with Gasteiger partial charge in [-0.2, -0.15) is 0 Å². The van der Waals surface area contributed by atoms with Gasteiger partial charge in [0.25, 0.3) is 5.91 Å². The average molecular weight is 354 g/mol. The number of anilines is 1. The molecule has 1 fully saturated rings. The number of nitrogens with zero attached hydrogens (tertiary/aromatic N) is 2. The molecule has 1 aliphatic rings. The fraction of sp³-hybridized carbons (Fsp3) is 0.381. The molecule has 2 aromatic rings. The lowest BCUT2D eigenvalue weighted by molar-refractivity contribution is 0.0746. The minimum absolute atomic E-state index is 0.0545. The molecule has 0 spiro atoms. The van der Waals surface area contributed by atoms with E-state index in [1.807, 2.05) is 61.2 Å². The SMILES string of the molecule is COc1ccccc1N1CCN(C(=O)c2cccc(OC(C)C)c2)CC1. The van der Waals surface area contributed by atoms with Gasteiger partial charge in [-0.1, -0.05) is 18.2 Å². The summed E-state index contributed by atoms with van der Waals surface area (Å²) in [5.41, 5.74) is 1.75. The first-order valence-corrected chi connectivity index (χ1v) is 9.02. The largest absolute Gasteiger partial charge is 0.495 e. The smallest absolute Gasteiger partial charge is 0.254 e. The van der Waals surface area contributed by atoms with Gasteiger partial charge in [0, 0.05) is 31.7 Å². The van der Waals surface area contributed by atoms with Gasteiger partial charge in [0.2, 0.25) is 0 Å². The zero-order valence-corrected chi connectivity index (χ0v) is 15.6. The number of hydrogen-bond acceptors (Lipinski definition) is 4. The van der Waals surface area contributed by atoms with Crippen molar-refractivity contribution < 1.29 is 14.3 Å². The normalized spacial score (nSPS) is 14.5. The molecular weight excluding hydrogens is 328 g/mol. The molecule has 138 valence electrons. The van der Waals surface area contributed by atoms with Crippen LogP contribution in [-0.2, 0) is 0 Å². The lowest BCUT2D eigenvalue weighted by Crippen LogP contribution is -2.48. The zero-order valence-electron chi connectivity index (χ0n) is 15.6. The predicted octanol–water partition coefficient (Wildman–Crippen LogP) is 3.44. The van der Waals surface area contributed by atoms with Crippen molar-refractivity contribution in [1.29, 1.82) is 0 Å². The first-order valence-electron chi connectivity index (χ1n) is 9.02. The number of para-hydroxylation sites is 2. The second kappa shape index (κ2) is 8.13. The third-order valence-electron chi connectivity index (χ3n) is 4.45. The summed E-state index contributed by atoms with van der Waals surface area (Å²) < 4.78 is 11.2. The fourth-order valence-electron chi connectivity index (χ4n) is 3.20. The molecule has 0 radical (unpaired) electrons. The first kappa shape index (κ1) is 18.1. The highest BCUT2D eigenvalue weighted by Gasteiger charge is 2.24. The highest BCUT2D eigenvalue weighted by Crippen LogP contribution is 2.28. The van der Waals surface area contributed by atoms with Crippen molar-refractivity contribution in [3.8, 4) is 11.5 Å². The second-order valence-corrected chi connectivity index (χ2v) is 6.65. The fourth-order valence-corrected chi connectivity index (χ4v) is 3.20. The molecule has 0 aliphatic carbocycles. The number of methoxy groups -OCH3 is 1. The topological polar surface area (TPSA) is 42.0 Å². The summed E-state index contributed by atoms with van der Waals surface area (Å²) in [4.78, 5) is 17.0. The van der Waals surface area contributed by atoms with Gasteiger partial charge >= 0.3 is 0 Å². The molecule has 0 N–H and O–H groups in total. The summed E-state index contributed by atoms with van der Waals surface area (Å²) in [6.45, 7) is 6.90. The number of ether oxygens (including phenoxy) is 2. The van der Waals surface area contributed by atoms with Gasteiger partial charge in [-0.05, 0) is 44.2 Å². The molecule has 3 rings (SSSR count). The molecule has 5 nitrogen and oxygen atoms in total. The number of rotatable bonds is 5. The van der Waals surface area contributed by atoms with Crippen molar-refractivity contribution in [3.05, 3.63) is 54.1 Å². The molecule has 1 amide bonds. The summed E-state index contributed by atoms with van der Waals surface area (Å²) in [5.74, 6) is 1.66. The molecule has 2 aromatic carbocycles. The molecule has 0 saturated carbocycles. The van der Waals surface area contributed by atoms with E-state index in [0.29, 0.717) is 18.7 Å². The summed E-state index contributed by atoms with van der Waals surface area (Å²) in [6, 6.07) is 15.4. The minimum Gasteiger partial charge on any atom is -0.495 e. The Morgan fingerprint density at radius 3 is 2.42 bits per heavy atom. The number of carbonyl (C=O) groups excluding carboxylic acids is 1. The maximum atomic E-state index is 12.8. The zero-order chi connectivity index (χ0) is 18.5. The Labute approximate surface area is 155 Å². The van der Waals surface area contributed by atoms with E-state index in [2.05, 4.69) is 11.0 Å². The maximum absolute atomic E-state index is 12.8. The molecule has 26 heavy (non-hydrogen) atoms. The molecule has 0 atom stereocenters. The van der Waals surface area contributed by atoms with E-state index in [1.54, 1.807) is 7.11 Å². The average Bonchev–Trinajstić information content (AvgIpc) is 2.67. The second-order valence-electron chi connectivity index (χ2n) is 6.65. The Bertz CT molecular complexity index is 752. The minimum atomic E-state index is 0.0545. The van der Waals surface area contributed by atoms with Gasteiger partial charge in [0.15, 0.2) is 0 Å². The summed E-state index contributed by atoms with van der Waals surface area (Å²) in [7, 11) is 1.69. The van der Waals surface area contributed by atoms with Crippen LogP contribution < -0.4 is 14.4 Å². The van der Waals surface area contributed by atoms with Crippen LogP contribution >= 0.6 is 0 Å². The third-order valence-corrected chi connectivity index (χ3v) is 4.45. The van der Waals surface area contributed by atoms with Crippen LogP contribution in [0, 0.1) is 0 Å². The Morgan fingerprint density at radius 2 is 1.73 bits per heavy atom. The molecule has 0 unspecified atom stereocenters. The van der Waals surface area contributed by atoms with Crippen molar-refractivity contribution in [3.63, 3.8) is 0 Å². The molecule has 1 saturated heterocycles. The van der Waals surface area contributed by atoms with Crippen LogP contribution in [0.1, 0.15) is 24.2 Å². The van der Waals surface area contributed by atoms with Crippen LogP contribution in [0.3, 0.4) is 0 Å². The first-order chi connectivity index (χ1) is 12.6. The number of benzene rings is 2. The van der Waals surface area contributed by atoms with Gasteiger partial charge < -0.3 is 19.3 Å². The highest BCUT2D eigenvalue weighted by molar-refractivity contribution is 5.94. The van der Waals surface area contributed by atoms with Crippen LogP contribution in [0.2, 0.25) is 0 Å². The van der Waals surface area contributed by atoms with E-state index in [4.69, 9.17) is 9.47 Å². The van der Waals surface area contributed by atoms with E-state index in [1.165, 1.54) is 0 Å². The van der Waals surface area contributed by atoms with Gasteiger partial charge in [0.05, 0.1) is 18.9 Å². The number of hydrogen-bond donors (Lipinski definition) is 0. The summed E-state index contributed by atoms with van der Waals surface area (Å²) in [6.07, 6.45) is 0.0877. The van der Waals surface area contributed by atoms with Crippen molar-refractivity contribution in [2.24, 2.45) is 0 Å². The number of carbonyl (C=O) groups is 1. The number of amides is 1. The molecule has 1 heterocycles. The van der Waals surface area contributed by atoms with Crippen LogP contribution in [0.25, 0.3) is 0 Å². The highest BCUT2D eigenvalue weighted by atomic mass is 16.5. The van der Waals surface area contributed by atoms with Crippen molar-refractivity contribution in [2.45, 2.75) is 20.0 Å². The lowest BCUT2D eigenvalue weighted by atomic mass is 10.1. The van der Waals surface area contributed by atoms with E-state index in [-0.39, 0.29) is 12.0 Å². The van der Waals surface area contributed by atoms with Crippen LogP contribution in [0.4, 0.5) is 5.69 Å². The third kappa shape index (κ3) is 4.10. The quantitative estimate of drug-likeness (QED) is 0.825. The molecule has 1 aliphatic heterocycles. The van der Waals surface area contributed by atoms with Crippen molar-refractivity contribution >= 4 is 11.6 Å². The maximum Gasteiger partial charge on any atom is 0.254 e. The van der Waals surface area contributed by atoms with E-state index in [9.17, 15) is 4.79 Å². The van der Waals surface area contributed by atoms with E-state index >= 15 is 0 Å². The van der Waals surface area contributed by atoms with Gasteiger partial charge in [-0.3, -0.25) is 4.79 Å². The van der Waals surface area contributed by atoms with Crippen molar-refractivity contribution in [1.82, 2.24) is 4.90 Å². The summed E-state index contributed by atoms with van der Waals surface area (Å²) in [5, 5.41) is 0. The van der Waals surface area contributed by atoms with Crippen molar-refractivity contribution in [2.75, 3.05) is 38.2 Å². The van der Waals surface area contributed by atoms with E-state index < -0.39 is 0 Å². The lowest BCUT2D eigenvalue weighted by Gasteiger charge is -2.36. The standard InChI is InChI=1S/C21H26N2O3/c1-16(2)26-18-8-6-7-17(15-18)21(24)23-13-11-22(12-14-23)19-9-4-5-10-20(19)25-3/h4-10,15-16H,11-14H2,1-3H3. The molecular formula is C21H26N2O3. The van der Waals surface area contributed by atoms with Gasteiger partial charge in [-0.15, -0.1) is 0 Å². The Kier molecular flexibility index (Phi) is 5.66. The Morgan fingerprint density at radius 1 is 1.00 bits per heavy atom. The van der Waals surface area contributed by atoms with Crippen LogP contribution in [0.5, 0.6) is 11.5 Å². The van der Waals surface area contributed by atoms with Crippen LogP contribution in [-0.4, -0.2) is 50.2 Å². The molecule has 5 heteroatoms. The van der Waals surface area contributed by atoms with Gasteiger partial charge in [0.1, 0.15) is 11.5 Å². The molecule has 0 bridgehead atoms. The molecule has 0 aromatic heterocycles. The monoisotopic (exact) mass is 354 g/mol.